The maximum atomic E-state index is 11.5. The first-order chi connectivity index (χ1) is 7.18. The Balaban J connectivity index is 2.21. The van der Waals surface area contributed by atoms with Gasteiger partial charge in [-0.3, -0.25) is 4.79 Å². The fraction of sp³-hybridized carbons (Fsp3) is 0.909. The standard InChI is InChI=1S/C11H18O4/c1-8-11(10(12)13,4-6-15-8)9-3-2-5-14-7-9/h8-9H,2-7H2,1H3,(H,12,13). The normalized spacial score (nSPS) is 41.7. The third-order valence-corrected chi connectivity index (χ3v) is 3.90. The van der Waals surface area contributed by atoms with Crippen LogP contribution < -0.4 is 0 Å². The van der Waals surface area contributed by atoms with Crippen molar-refractivity contribution in [2.75, 3.05) is 19.8 Å². The fourth-order valence-electron chi connectivity index (χ4n) is 2.90. The molecule has 0 saturated carbocycles. The predicted octanol–water partition coefficient (Wildman–Crippen LogP) is 1.29. The van der Waals surface area contributed by atoms with E-state index in [9.17, 15) is 9.90 Å². The van der Waals surface area contributed by atoms with Crippen LogP contribution in [0.3, 0.4) is 0 Å². The zero-order valence-electron chi connectivity index (χ0n) is 9.07. The Labute approximate surface area is 89.6 Å². The summed E-state index contributed by atoms with van der Waals surface area (Å²) < 4.78 is 10.8. The summed E-state index contributed by atoms with van der Waals surface area (Å²) in [6, 6.07) is 0. The van der Waals surface area contributed by atoms with Crippen molar-refractivity contribution in [2.24, 2.45) is 11.3 Å². The molecule has 4 heteroatoms. The van der Waals surface area contributed by atoms with Crippen molar-refractivity contribution >= 4 is 5.97 Å². The Morgan fingerprint density at radius 2 is 2.27 bits per heavy atom. The molecule has 2 heterocycles. The van der Waals surface area contributed by atoms with Gasteiger partial charge in [0.05, 0.1) is 12.7 Å². The maximum absolute atomic E-state index is 11.5. The van der Waals surface area contributed by atoms with Crippen molar-refractivity contribution in [1.82, 2.24) is 0 Å². The molecular formula is C11H18O4. The van der Waals surface area contributed by atoms with Crippen molar-refractivity contribution in [3.8, 4) is 0 Å². The van der Waals surface area contributed by atoms with E-state index < -0.39 is 11.4 Å². The number of carbonyl (C=O) groups is 1. The van der Waals surface area contributed by atoms with Gasteiger partial charge in [-0.2, -0.15) is 0 Å². The lowest BCUT2D eigenvalue weighted by Crippen LogP contribution is -2.47. The third kappa shape index (κ3) is 1.66. The van der Waals surface area contributed by atoms with E-state index in [0.29, 0.717) is 19.6 Å². The lowest BCUT2D eigenvalue weighted by molar-refractivity contribution is -0.161. The van der Waals surface area contributed by atoms with Crippen molar-refractivity contribution in [3.63, 3.8) is 0 Å². The number of rotatable bonds is 2. The van der Waals surface area contributed by atoms with E-state index in [1.807, 2.05) is 6.92 Å². The number of ether oxygens (including phenoxy) is 2. The van der Waals surface area contributed by atoms with Crippen LogP contribution in [0.5, 0.6) is 0 Å². The first kappa shape index (κ1) is 10.9. The van der Waals surface area contributed by atoms with Crippen LogP contribution in [-0.4, -0.2) is 37.0 Å². The van der Waals surface area contributed by atoms with Crippen LogP contribution in [0.2, 0.25) is 0 Å². The molecule has 1 N–H and O–H groups in total. The number of hydrogen-bond acceptors (Lipinski definition) is 3. The summed E-state index contributed by atoms with van der Waals surface area (Å²) in [6.07, 6.45) is 2.34. The highest BCUT2D eigenvalue weighted by Gasteiger charge is 2.54. The highest BCUT2D eigenvalue weighted by Crippen LogP contribution is 2.45. The Kier molecular flexibility index (Phi) is 2.98. The van der Waals surface area contributed by atoms with Gasteiger partial charge < -0.3 is 14.6 Å². The minimum atomic E-state index is -0.719. The molecule has 2 rings (SSSR count). The molecule has 86 valence electrons. The van der Waals surface area contributed by atoms with Gasteiger partial charge in [-0.15, -0.1) is 0 Å². The Bertz CT molecular complexity index is 247. The first-order valence-corrected chi connectivity index (χ1v) is 5.60. The summed E-state index contributed by atoms with van der Waals surface area (Å²) in [5.74, 6) is -0.607. The van der Waals surface area contributed by atoms with E-state index in [4.69, 9.17) is 9.47 Å². The van der Waals surface area contributed by atoms with Crippen LogP contribution in [0.15, 0.2) is 0 Å². The molecular weight excluding hydrogens is 196 g/mol. The van der Waals surface area contributed by atoms with Crippen LogP contribution in [-0.2, 0) is 14.3 Å². The molecule has 0 aromatic rings. The lowest BCUT2D eigenvalue weighted by atomic mass is 9.68. The van der Waals surface area contributed by atoms with Gasteiger partial charge in [0.1, 0.15) is 5.41 Å². The SMILES string of the molecule is CC1OCCC1(C(=O)O)C1CCCOC1. The average molecular weight is 214 g/mol. The van der Waals surface area contributed by atoms with Crippen LogP contribution in [0, 0.1) is 11.3 Å². The summed E-state index contributed by atoms with van der Waals surface area (Å²) in [7, 11) is 0. The highest BCUT2D eigenvalue weighted by molar-refractivity contribution is 5.76. The second kappa shape index (κ2) is 4.10. The molecule has 0 aliphatic carbocycles. The van der Waals surface area contributed by atoms with Crippen LogP contribution >= 0.6 is 0 Å². The third-order valence-electron chi connectivity index (χ3n) is 3.90. The fourth-order valence-corrected chi connectivity index (χ4v) is 2.90. The zero-order chi connectivity index (χ0) is 10.9. The van der Waals surface area contributed by atoms with Gasteiger partial charge >= 0.3 is 5.97 Å². The van der Waals surface area contributed by atoms with E-state index >= 15 is 0 Å². The molecule has 2 aliphatic rings. The van der Waals surface area contributed by atoms with Crippen molar-refractivity contribution < 1.29 is 19.4 Å². The minimum Gasteiger partial charge on any atom is -0.481 e. The molecule has 0 radical (unpaired) electrons. The quantitative estimate of drug-likeness (QED) is 0.752. The number of carboxylic acids is 1. The molecule has 3 atom stereocenters. The summed E-state index contributed by atoms with van der Waals surface area (Å²) in [4.78, 5) is 11.5. The summed E-state index contributed by atoms with van der Waals surface area (Å²) in [5.41, 5.74) is -0.708. The van der Waals surface area contributed by atoms with Gasteiger partial charge in [-0.25, -0.2) is 0 Å². The summed E-state index contributed by atoms with van der Waals surface area (Å²) in [6.45, 7) is 3.77. The van der Waals surface area contributed by atoms with E-state index in [2.05, 4.69) is 0 Å². The van der Waals surface area contributed by atoms with Crippen LogP contribution in [0.25, 0.3) is 0 Å². The summed E-state index contributed by atoms with van der Waals surface area (Å²) >= 11 is 0. The highest BCUT2D eigenvalue weighted by atomic mass is 16.5. The lowest BCUT2D eigenvalue weighted by Gasteiger charge is -2.37. The second-order valence-electron chi connectivity index (χ2n) is 4.52. The maximum Gasteiger partial charge on any atom is 0.312 e. The van der Waals surface area contributed by atoms with Crippen LogP contribution in [0.4, 0.5) is 0 Å². The molecule has 0 aromatic carbocycles. The monoisotopic (exact) mass is 214 g/mol. The zero-order valence-corrected chi connectivity index (χ0v) is 9.07. The number of hydrogen-bond donors (Lipinski definition) is 1. The van der Waals surface area contributed by atoms with Gasteiger partial charge in [0, 0.05) is 19.1 Å². The predicted molar refractivity (Wildman–Crippen MR) is 53.6 cm³/mol. The molecule has 15 heavy (non-hydrogen) atoms. The Hall–Kier alpha value is -0.610. The van der Waals surface area contributed by atoms with Crippen LogP contribution in [0.1, 0.15) is 26.2 Å². The molecule has 2 saturated heterocycles. The van der Waals surface area contributed by atoms with Gasteiger partial charge in [-0.1, -0.05) is 0 Å². The van der Waals surface area contributed by atoms with Gasteiger partial charge in [0.25, 0.3) is 0 Å². The van der Waals surface area contributed by atoms with E-state index in [1.54, 1.807) is 0 Å². The number of carboxylic acid groups (broad SMARTS) is 1. The molecule has 0 aromatic heterocycles. The molecule has 2 fully saturated rings. The molecule has 0 spiro atoms. The smallest absolute Gasteiger partial charge is 0.312 e. The van der Waals surface area contributed by atoms with Crippen molar-refractivity contribution in [1.29, 1.82) is 0 Å². The minimum absolute atomic E-state index is 0.112. The van der Waals surface area contributed by atoms with Gasteiger partial charge in [0.15, 0.2) is 0 Å². The van der Waals surface area contributed by atoms with Crippen molar-refractivity contribution in [2.45, 2.75) is 32.3 Å². The van der Waals surface area contributed by atoms with E-state index in [-0.39, 0.29) is 12.0 Å². The molecule has 0 bridgehead atoms. The Morgan fingerprint density at radius 3 is 2.73 bits per heavy atom. The summed E-state index contributed by atoms with van der Waals surface area (Å²) in [5, 5.41) is 9.45. The van der Waals surface area contributed by atoms with Gasteiger partial charge in [0.2, 0.25) is 0 Å². The molecule has 2 aliphatic heterocycles. The van der Waals surface area contributed by atoms with E-state index in [1.165, 1.54) is 0 Å². The topological polar surface area (TPSA) is 55.8 Å². The first-order valence-electron chi connectivity index (χ1n) is 5.60. The Morgan fingerprint density at radius 1 is 1.47 bits per heavy atom. The van der Waals surface area contributed by atoms with E-state index in [0.717, 1.165) is 19.4 Å². The second-order valence-corrected chi connectivity index (χ2v) is 4.52. The van der Waals surface area contributed by atoms with Gasteiger partial charge in [-0.05, 0) is 26.2 Å². The molecule has 3 unspecified atom stereocenters. The largest absolute Gasteiger partial charge is 0.481 e. The molecule has 0 amide bonds. The average Bonchev–Trinajstić information content (AvgIpc) is 2.62. The molecule has 4 nitrogen and oxygen atoms in total. The number of aliphatic carboxylic acids is 1. The van der Waals surface area contributed by atoms with Crippen molar-refractivity contribution in [3.05, 3.63) is 0 Å².